The van der Waals surface area contributed by atoms with E-state index in [2.05, 4.69) is 0 Å². The van der Waals surface area contributed by atoms with Crippen LogP contribution in [-0.2, 0) is 0 Å². The average molecular weight is 463 g/mol. The van der Waals surface area contributed by atoms with Crippen molar-refractivity contribution >= 4 is 45.7 Å². The highest BCUT2D eigenvalue weighted by atomic mass is 35.5. The van der Waals surface area contributed by atoms with Gasteiger partial charge in [-0.25, -0.2) is 0 Å². The average Bonchev–Trinajstić information content (AvgIpc) is 2.67. The topological polar surface area (TPSA) is 34.1 Å². The lowest BCUT2D eigenvalue weighted by Crippen LogP contribution is -2.26. The van der Waals surface area contributed by atoms with E-state index >= 15 is 0 Å². The molecule has 0 spiro atoms. The lowest BCUT2D eigenvalue weighted by Gasteiger charge is -2.17. The zero-order valence-electron chi connectivity index (χ0n) is 14.6. The number of fused-ring (bicyclic) bond motifs is 1. The Labute approximate surface area is 174 Å². The Morgan fingerprint density at radius 3 is 1.77 bits per heavy atom. The molecule has 0 aliphatic heterocycles. The first-order valence-electron chi connectivity index (χ1n) is 8.12. The molecule has 3 aromatic rings. The standard InChI is InChI=1S/C20H9ClF6O2S/c21-10-5-7-11(8-6-10)30-16-13-4-2-1-3-12(13)14(17(28)19(22,23)24)9-15(16)18(29)20(25,26)27/h1-9H. The molecule has 0 heterocycles. The van der Waals surface area contributed by atoms with Crippen molar-refractivity contribution in [1.82, 2.24) is 0 Å². The maximum Gasteiger partial charge on any atom is 0.454 e. The molecule has 3 aromatic carbocycles. The fourth-order valence-electron chi connectivity index (χ4n) is 2.74. The third kappa shape index (κ3) is 4.46. The summed E-state index contributed by atoms with van der Waals surface area (Å²) in [7, 11) is 0. The summed E-state index contributed by atoms with van der Waals surface area (Å²) < 4.78 is 78.7. The van der Waals surface area contributed by atoms with Gasteiger partial charge in [-0.1, -0.05) is 47.6 Å². The predicted molar refractivity (Wildman–Crippen MR) is 100 cm³/mol. The maximum absolute atomic E-state index is 13.2. The molecular weight excluding hydrogens is 454 g/mol. The van der Waals surface area contributed by atoms with E-state index in [1.165, 1.54) is 48.5 Å². The van der Waals surface area contributed by atoms with E-state index in [1.54, 1.807) is 0 Å². The molecule has 0 fully saturated rings. The van der Waals surface area contributed by atoms with E-state index in [-0.39, 0.29) is 15.7 Å². The highest BCUT2D eigenvalue weighted by molar-refractivity contribution is 7.99. The molecule has 156 valence electrons. The minimum atomic E-state index is -5.35. The van der Waals surface area contributed by atoms with Crippen LogP contribution < -0.4 is 0 Å². The quantitative estimate of drug-likeness (QED) is 0.305. The van der Waals surface area contributed by atoms with Crippen molar-refractivity contribution in [1.29, 1.82) is 0 Å². The zero-order chi connectivity index (χ0) is 22.3. The van der Waals surface area contributed by atoms with Gasteiger partial charge in [-0.05, 0) is 41.1 Å². The van der Waals surface area contributed by atoms with E-state index in [1.807, 2.05) is 0 Å². The van der Waals surface area contributed by atoms with Crippen LogP contribution in [0.3, 0.4) is 0 Å². The van der Waals surface area contributed by atoms with Gasteiger partial charge in [0, 0.05) is 25.9 Å². The molecular formula is C20H9ClF6O2S. The second-order valence-electron chi connectivity index (χ2n) is 6.06. The normalized spacial score (nSPS) is 12.2. The molecule has 0 saturated heterocycles. The summed E-state index contributed by atoms with van der Waals surface area (Å²) in [6.07, 6.45) is -10.7. The molecule has 0 aliphatic rings. The summed E-state index contributed by atoms with van der Waals surface area (Å²) in [4.78, 5) is 24.1. The lowest BCUT2D eigenvalue weighted by atomic mass is 9.95. The Kier molecular flexibility index (Phi) is 5.88. The number of benzene rings is 3. The molecule has 0 amide bonds. The molecule has 10 heteroatoms. The molecule has 0 saturated carbocycles. The largest absolute Gasteiger partial charge is 0.454 e. The molecule has 0 radical (unpaired) electrons. The van der Waals surface area contributed by atoms with Gasteiger partial charge in [0.05, 0.1) is 0 Å². The molecule has 0 bridgehead atoms. The molecule has 0 unspecified atom stereocenters. The number of hydrogen-bond acceptors (Lipinski definition) is 3. The van der Waals surface area contributed by atoms with Gasteiger partial charge in [-0.15, -0.1) is 0 Å². The molecule has 3 rings (SSSR count). The van der Waals surface area contributed by atoms with Crippen molar-refractivity contribution in [2.75, 3.05) is 0 Å². The van der Waals surface area contributed by atoms with Crippen LogP contribution in [-0.4, -0.2) is 23.9 Å². The molecule has 0 aliphatic carbocycles. The minimum absolute atomic E-state index is 0.0832. The second kappa shape index (κ2) is 7.96. The van der Waals surface area contributed by atoms with Crippen molar-refractivity contribution in [3.63, 3.8) is 0 Å². The Morgan fingerprint density at radius 2 is 1.23 bits per heavy atom. The van der Waals surface area contributed by atoms with Gasteiger partial charge in [0.1, 0.15) is 0 Å². The summed E-state index contributed by atoms with van der Waals surface area (Å²) in [6, 6.07) is 11.5. The molecule has 0 N–H and O–H groups in total. The molecule has 30 heavy (non-hydrogen) atoms. The third-order valence-electron chi connectivity index (χ3n) is 4.03. The Morgan fingerprint density at radius 1 is 0.733 bits per heavy atom. The van der Waals surface area contributed by atoms with Gasteiger partial charge in [-0.2, -0.15) is 26.3 Å². The first-order valence-corrected chi connectivity index (χ1v) is 9.31. The number of Topliss-reactive ketones (excluding diaryl/α,β-unsaturated/α-hetero) is 2. The zero-order valence-corrected chi connectivity index (χ0v) is 16.1. The van der Waals surface area contributed by atoms with Crippen molar-refractivity contribution in [3.8, 4) is 0 Å². The van der Waals surface area contributed by atoms with Crippen LogP contribution in [0.4, 0.5) is 26.3 Å². The highest BCUT2D eigenvalue weighted by Crippen LogP contribution is 2.41. The Hall–Kier alpha value is -2.52. The number of carbonyl (C=O) groups excluding carboxylic acids is 2. The SMILES string of the molecule is O=C(c1cc(C(=O)C(F)(F)F)c2ccccc2c1Sc1ccc(Cl)cc1)C(F)(F)F. The monoisotopic (exact) mass is 462 g/mol. The number of alkyl halides is 6. The smallest absolute Gasteiger partial charge is 0.284 e. The fraction of sp³-hybridized carbons (Fsp3) is 0.100. The van der Waals surface area contributed by atoms with Gasteiger partial charge in [0.15, 0.2) is 0 Å². The van der Waals surface area contributed by atoms with Crippen LogP contribution >= 0.6 is 23.4 Å². The predicted octanol–water partition coefficient (Wildman–Crippen LogP) is 7.13. The first-order chi connectivity index (χ1) is 13.9. The fourth-order valence-corrected chi connectivity index (χ4v) is 3.92. The van der Waals surface area contributed by atoms with E-state index in [4.69, 9.17) is 11.6 Å². The van der Waals surface area contributed by atoms with Gasteiger partial charge in [-0.3, -0.25) is 9.59 Å². The number of halogens is 7. The van der Waals surface area contributed by atoms with Crippen molar-refractivity contribution in [2.45, 2.75) is 22.1 Å². The molecule has 0 aromatic heterocycles. The number of rotatable bonds is 4. The van der Waals surface area contributed by atoms with Crippen LogP contribution in [0.25, 0.3) is 10.8 Å². The van der Waals surface area contributed by atoms with Gasteiger partial charge in [0.2, 0.25) is 0 Å². The number of carbonyl (C=O) groups is 2. The number of ketones is 2. The Bertz CT molecular complexity index is 1140. The summed E-state index contributed by atoms with van der Waals surface area (Å²) in [5, 5.41) is 0.0667. The molecule has 0 atom stereocenters. The van der Waals surface area contributed by atoms with Crippen LogP contribution in [0.2, 0.25) is 5.02 Å². The van der Waals surface area contributed by atoms with Gasteiger partial charge >= 0.3 is 12.4 Å². The van der Waals surface area contributed by atoms with Crippen molar-refractivity contribution < 1.29 is 35.9 Å². The van der Waals surface area contributed by atoms with E-state index in [9.17, 15) is 35.9 Å². The van der Waals surface area contributed by atoms with Crippen LogP contribution in [0.15, 0.2) is 64.4 Å². The Balaban J connectivity index is 2.34. The van der Waals surface area contributed by atoms with Crippen molar-refractivity contribution in [2.24, 2.45) is 0 Å². The lowest BCUT2D eigenvalue weighted by molar-refractivity contribution is -0.0888. The maximum atomic E-state index is 13.2. The third-order valence-corrected chi connectivity index (χ3v) is 5.44. The van der Waals surface area contributed by atoms with E-state index in [0.717, 1.165) is 11.8 Å². The highest BCUT2D eigenvalue weighted by Gasteiger charge is 2.44. The summed E-state index contributed by atoms with van der Waals surface area (Å²) in [6.45, 7) is 0. The van der Waals surface area contributed by atoms with E-state index < -0.39 is 35.0 Å². The summed E-state index contributed by atoms with van der Waals surface area (Å²) in [5.74, 6) is -4.68. The first kappa shape index (κ1) is 22.2. The summed E-state index contributed by atoms with van der Waals surface area (Å²) in [5.41, 5.74) is -2.06. The van der Waals surface area contributed by atoms with E-state index in [0.29, 0.717) is 16.0 Å². The van der Waals surface area contributed by atoms with Crippen LogP contribution in [0.1, 0.15) is 20.7 Å². The van der Waals surface area contributed by atoms with Crippen molar-refractivity contribution in [3.05, 3.63) is 70.7 Å². The van der Waals surface area contributed by atoms with Crippen LogP contribution in [0.5, 0.6) is 0 Å². The molecule has 2 nitrogen and oxygen atoms in total. The number of hydrogen-bond donors (Lipinski definition) is 0. The van der Waals surface area contributed by atoms with Gasteiger partial charge in [0.25, 0.3) is 11.6 Å². The second-order valence-corrected chi connectivity index (χ2v) is 7.58. The van der Waals surface area contributed by atoms with Gasteiger partial charge < -0.3 is 0 Å². The van der Waals surface area contributed by atoms with Crippen LogP contribution in [0, 0.1) is 0 Å². The minimum Gasteiger partial charge on any atom is -0.284 e. The summed E-state index contributed by atoms with van der Waals surface area (Å²) >= 11 is 6.55.